The molecule has 4 rings (SSSR count). The summed E-state index contributed by atoms with van der Waals surface area (Å²) >= 11 is 6.00. The predicted octanol–water partition coefficient (Wildman–Crippen LogP) is 5.81. The third kappa shape index (κ3) is 4.44. The van der Waals surface area contributed by atoms with E-state index in [4.69, 9.17) is 11.6 Å². The first-order chi connectivity index (χ1) is 13.7. The van der Waals surface area contributed by atoms with Crippen LogP contribution in [0.2, 0.25) is 5.02 Å². The maximum atomic E-state index is 13.0. The Morgan fingerprint density at radius 1 is 0.857 bits per heavy atom. The van der Waals surface area contributed by atoms with Crippen molar-refractivity contribution in [3.8, 4) is 0 Å². The van der Waals surface area contributed by atoms with Crippen molar-refractivity contribution in [2.45, 2.75) is 19.5 Å². The average molecular weight is 393 g/mol. The van der Waals surface area contributed by atoms with E-state index in [-0.39, 0.29) is 5.82 Å². The van der Waals surface area contributed by atoms with Crippen molar-refractivity contribution in [1.82, 2.24) is 9.88 Å². The van der Waals surface area contributed by atoms with Gasteiger partial charge in [0.25, 0.3) is 0 Å². The molecule has 4 heteroatoms. The van der Waals surface area contributed by atoms with Crippen LogP contribution in [0.4, 0.5) is 4.39 Å². The lowest BCUT2D eigenvalue weighted by Gasteiger charge is -2.06. The van der Waals surface area contributed by atoms with Gasteiger partial charge in [-0.1, -0.05) is 54.1 Å². The molecular weight excluding hydrogens is 371 g/mol. The Bertz CT molecular complexity index is 1050. The molecule has 0 saturated carbocycles. The normalized spacial score (nSPS) is 11.2. The second-order valence-electron chi connectivity index (χ2n) is 6.98. The van der Waals surface area contributed by atoms with E-state index >= 15 is 0 Å². The van der Waals surface area contributed by atoms with E-state index in [2.05, 4.69) is 52.5 Å². The molecule has 0 aliphatic rings. The predicted molar refractivity (Wildman–Crippen MR) is 114 cm³/mol. The lowest BCUT2D eigenvalue weighted by atomic mass is 10.1. The largest absolute Gasteiger partial charge is 0.343 e. The van der Waals surface area contributed by atoms with Gasteiger partial charge < -0.3 is 9.88 Å². The highest BCUT2D eigenvalue weighted by Crippen LogP contribution is 2.23. The van der Waals surface area contributed by atoms with Crippen LogP contribution in [-0.4, -0.2) is 11.1 Å². The highest BCUT2D eigenvalue weighted by molar-refractivity contribution is 6.30. The van der Waals surface area contributed by atoms with E-state index in [9.17, 15) is 4.39 Å². The number of rotatable bonds is 7. The molecule has 0 spiro atoms. The quantitative estimate of drug-likeness (QED) is 0.392. The van der Waals surface area contributed by atoms with E-state index < -0.39 is 0 Å². The molecule has 0 radical (unpaired) electrons. The minimum Gasteiger partial charge on any atom is -0.343 e. The molecule has 1 N–H and O–H groups in total. The molecule has 28 heavy (non-hydrogen) atoms. The number of hydrogen-bond donors (Lipinski definition) is 1. The molecule has 4 aromatic rings. The molecule has 0 fully saturated rings. The number of para-hydroxylation sites is 1. The van der Waals surface area contributed by atoms with Gasteiger partial charge in [0.05, 0.1) is 0 Å². The van der Waals surface area contributed by atoms with Crippen LogP contribution in [-0.2, 0) is 19.5 Å². The van der Waals surface area contributed by atoms with E-state index in [1.807, 2.05) is 24.3 Å². The summed E-state index contributed by atoms with van der Waals surface area (Å²) in [6.07, 6.45) is 3.11. The van der Waals surface area contributed by atoms with Gasteiger partial charge in [-0.2, -0.15) is 0 Å². The summed E-state index contributed by atoms with van der Waals surface area (Å²) in [5, 5.41) is 5.54. The smallest absolute Gasteiger partial charge is 0.123 e. The Morgan fingerprint density at radius 3 is 2.36 bits per heavy atom. The minimum atomic E-state index is -0.190. The third-order valence-electron chi connectivity index (χ3n) is 4.96. The van der Waals surface area contributed by atoms with Crippen molar-refractivity contribution in [1.29, 1.82) is 0 Å². The zero-order chi connectivity index (χ0) is 19.3. The third-order valence-corrected chi connectivity index (χ3v) is 5.21. The number of nitrogens with one attached hydrogen (secondary N) is 1. The Labute approximate surface area is 169 Å². The number of nitrogens with zero attached hydrogens (tertiary/aromatic N) is 1. The highest BCUT2D eigenvalue weighted by atomic mass is 35.5. The minimum absolute atomic E-state index is 0.190. The molecule has 0 atom stereocenters. The zero-order valence-electron chi connectivity index (χ0n) is 15.5. The van der Waals surface area contributed by atoms with Crippen molar-refractivity contribution in [2.75, 3.05) is 6.54 Å². The van der Waals surface area contributed by atoms with Gasteiger partial charge in [-0.15, -0.1) is 0 Å². The van der Waals surface area contributed by atoms with Crippen LogP contribution in [0.25, 0.3) is 10.9 Å². The summed E-state index contributed by atoms with van der Waals surface area (Å²) in [6, 6.07) is 23.2. The van der Waals surface area contributed by atoms with Crippen molar-refractivity contribution >= 4 is 22.5 Å². The van der Waals surface area contributed by atoms with Crippen LogP contribution in [0.15, 0.2) is 79.0 Å². The summed E-state index contributed by atoms with van der Waals surface area (Å²) in [7, 11) is 0. The molecular formula is C24H22ClFN2. The fourth-order valence-electron chi connectivity index (χ4n) is 3.49. The first kappa shape index (κ1) is 18.7. The van der Waals surface area contributed by atoms with Crippen molar-refractivity contribution in [3.05, 3.63) is 107 Å². The van der Waals surface area contributed by atoms with Crippen molar-refractivity contribution in [2.24, 2.45) is 0 Å². The number of hydrogen-bond acceptors (Lipinski definition) is 1. The molecule has 0 amide bonds. The van der Waals surface area contributed by atoms with Crippen molar-refractivity contribution < 1.29 is 4.39 Å². The summed E-state index contributed by atoms with van der Waals surface area (Å²) in [5.74, 6) is -0.190. The Hall–Kier alpha value is -2.62. The fourth-order valence-corrected chi connectivity index (χ4v) is 3.61. The molecule has 1 aromatic heterocycles. The number of aromatic nitrogens is 1. The molecule has 0 bridgehead atoms. The monoisotopic (exact) mass is 392 g/mol. The molecule has 142 valence electrons. The Morgan fingerprint density at radius 2 is 1.57 bits per heavy atom. The molecule has 3 aromatic carbocycles. The zero-order valence-corrected chi connectivity index (χ0v) is 16.3. The number of benzene rings is 3. The van der Waals surface area contributed by atoms with Gasteiger partial charge in [-0.25, -0.2) is 4.39 Å². The van der Waals surface area contributed by atoms with Crippen LogP contribution in [0.3, 0.4) is 0 Å². The maximum absolute atomic E-state index is 13.0. The summed E-state index contributed by atoms with van der Waals surface area (Å²) < 4.78 is 15.3. The van der Waals surface area contributed by atoms with E-state index in [0.29, 0.717) is 0 Å². The molecule has 0 saturated heterocycles. The SMILES string of the molecule is Fc1ccc(CCNCc2cn(Cc3ccc(Cl)cc3)c3ccccc23)cc1. The molecule has 0 unspecified atom stereocenters. The summed E-state index contributed by atoms with van der Waals surface area (Å²) in [5.41, 5.74) is 4.87. The van der Waals surface area contributed by atoms with Crippen LogP contribution < -0.4 is 5.32 Å². The Kier molecular flexibility index (Phi) is 5.75. The number of fused-ring (bicyclic) bond motifs is 1. The lowest BCUT2D eigenvalue weighted by molar-refractivity contribution is 0.626. The van der Waals surface area contributed by atoms with Crippen LogP contribution >= 0.6 is 11.6 Å². The van der Waals surface area contributed by atoms with Crippen LogP contribution in [0.1, 0.15) is 16.7 Å². The van der Waals surface area contributed by atoms with E-state index in [0.717, 1.165) is 36.6 Å². The molecule has 1 heterocycles. The van der Waals surface area contributed by atoms with Crippen LogP contribution in [0, 0.1) is 5.82 Å². The van der Waals surface area contributed by atoms with Gasteiger partial charge in [-0.05, 0) is 60.0 Å². The first-order valence-corrected chi connectivity index (χ1v) is 9.83. The second-order valence-corrected chi connectivity index (χ2v) is 7.42. The summed E-state index contributed by atoms with van der Waals surface area (Å²) in [6.45, 7) is 2.46. The second kappa shape index (κ2) is 8.59. The summed E-state index contributed by atoms with van der Waals surface area (Å²) in [4.78, 5) is 0. The average Bonchev–Trinajstić information content (AvgIpc) is 3.06. The van der Waals surface area contributed by atoms with Gasteiger partial charge >= 0.3 is 0 Å². The molecule has 0 aliphatic heterocycles. The fraction of sp³-hybridized carbons (Fsp3) is 0.167. The van der Waals surface area contributed by atoms with Crippen LogP contribution in [0.5, 0.6) is 0 Å². The van der Waals surface area contributed by atoms with Gasteiger partial charge in [-0.3, -0.25) is 0 Å². The maximum Gasteiger partial charge on any atom is 0.123 e. The van der Waals surface area contributed by atoms with Gasteiger partial charge in [0.2, 0.25) is 0 Å². The Balaban J connectivity index is 1.45. The van der Waals surface area contributed by atoms with E-state index in [1.54, 1.807) is 0 Å². The standard InChI is InChI=1S/C24H22ClFN2/c25-21-9-5-19(6-10-21)16-28-17-20(23-3-1-2-4-24(23)28)15-27-14-13-18-7-11-22(26)12-8-18/h1-12,17,27H,13-16H2. The van der Waals surface area contributed by atoms with Crippen molar-refractivity contribution in [3.63, 3.8) is 0 Å². The van der Waals surface area contributed by atoms with Gasteiger partial charge in [0, 0.05) is 35.2 Å². The highest BCUT2D eigenvalue weighted by Gasteiger charge is 2.08. The molecule has 2 nitrogen and oxygen atoms in total. The van der Waals surface area contributed by atoms with Gasteiger partial charge in [0.1, 0.15) is 5.82 Å². The number of halogens is 2. The topological polar surface area (TPSA) is 17.0 Å². The molecule has 0 aliphatic carbocycles. The van der Waals surface area contributed by atoms with E-state index in [1.165, 1.54) is 34.2 Å². The first-order valence-electron chi connectivity index (χ1n) is 9.45. The van der Waals surface area contributed by atoms with Gasteiger partial charge in [0.15, 0.2) is 0 Å². The lowest BCUT2D eigenvalue weighted by Crippen LogP contribution is -2.16.